The molecule has 1 N–H and O–H groups in total. The van der Waals surface area contributed by atoms with Crippen LogP contribution in [0.25, 0.3) is 0 Å². The number of aromatic nitrogens is 1. The lowest BCUT2D eigenvalue weighted by atomic mass is 10.0. The van der Waals surface area contributed by atoms with Crippen LogP contribution >= 0.6 is 0 Å². The molecule has 18 heavy (non-hydrogen) atoms. The van der Waals surface area contributed by atoms with Crippen LogP contribution in [0.5, 0.6) is 0 Å². The topological polar surface area (TPSA) is 24.9 Å². The molecule has 5 heteroatoms. The van der Waals surface area contributed by atoms with E-state index in [-0.39, 0.29) is 22.7 Å². The van der Waals surface area contributed by atoms with Crippen LogP contribution in [0, 0.1) is 10.8 Å². The fraction of sp³-hybridized carbons (Fsp3) is 0.615. The Morgan fingerprint density at radius 1 is 1.11 bits per heavy atom. The minimum Gasteiger partial charge on any atom is -0.366 e. The Morgan fingerprint density at radius 2 is 1.67 bits per heavy atom. The predicted molar refractivity (Wildman–Crippen MR) is 64.2 cm³/mol. The first-order chi connectivity index (χ1) is 8.07. The minimum absolute atomic E-state index is 0.0584. The quantitative estimate of drug-likeness (QED) is 0.868. The molecule has 1 aromatic rings. The van der Waals surface area contributed by atoms with Crippen molar-refractivity contribution in [3.05, 3.63) is 23.9 Å². The van der Waals surface area contributed by atoms with Gasteiger partial charge < -0.3 is 5.32 Å². The molecular weight excluding hydrogens is 241 g/mol. The smallest absolute Gasteiger partial charge is 0.366 e. The highest BCUT2D eigenvalue weighted by atomic mass is 19.4. The summed E-state index contributed by atoms with van der Waals surface area (Å²) in [5.41, 5.74) is -0.741. The van der Waals surface area contributed by atoms with Crippen LogP contribution < -0.4 is 5.32 Å². The minimum atomic E-state index is -4.40. The summed E-state index contributed by atoms with van der Waals surface area (Å²) in [6, 6.07) is 4.07. The number of alkyl halides is 3. The molecule has 1 aliphatic carbocycles. The molecule has 0 aliphatic heterocycles. The summed E-state index contributed by atoms with van der Waals surface area (Å²) >= 11 is 0. The van der Waals surface area contributed by atoms with Crippen molar-refractivity contribution in [1.82, 2.24) is 4.98 Å². The van der Waals surface area contributed by atoms with Gasteiger partial charge in [-0.1, -0.05) is 33.8 Å². The Bertz CT molecular complexity index is 450. The summed E-state index contributed by atoms with van der Waals surface area (Å²) in [5.74, 6) is 0.286. The molecule has 2 nitrogen and oxygen atoms in total. The normalized spacial score (nSPS) is 21.7. The third-order valence-corrected chi connectivity index (χ3v) is 4.35. The van der Waals surface area contributed by atoms with E-state index in [1.807, 2.05) is 0 Å². The van der Waals surface area contributed by atoms with Gasteiger partial charge in [0.05, 0.1) is 0 Å². The maximum Gasteiger partial charge on any atom is 0.433 e. The van der Waals surface area contributed by atoms with Gasteiger partial charge >= 0.3 is 6.18 Å². The summed E-state index contributed by atoms with van der Waals surface area (Å²) in [7, 11) is 0. The SMILES string of the molecule is CC1(C)C(Nc2cccc(C(F)(F)F)n2)C1(C)C. The molecule has 1 aliphatic rings. The van der Waals surface area contributed by atoms with Crippen LogP contribution in [0.2, 0.25) is 0 Å². The van der Waals surface area contributed by atoms with Crippen molar-refractivity contribution in [2.24, 2.45) is 10.8 Å². The molecule has 1 fully saturated rings. The zero-order valence-corrected chi connectivity index (χ0v) is 10.9. The molecule has 1 saturated carbocycles. The van der Waals surface area contributed by atoms with Gasteiger partial charge in [-0.15, -0.1) is 0 Å². The number of anilines is 1. The molecule has 1 heterocycles. The van der Waals surface area contributed by atoms with Crippen LogP contribution in [-0.2, 0) is 6.18 Å². The fourth-order valence-electron chi connectivity index (χ4n) is 2.38. The molecule has 100 valence electrons. The van der Waals surface area contributed by atoms with Crippen molar-refractivity contribution < 1.29 is 13.2 Å². The van der Waals surface area contributed by atoms with Gasteiger partial charge in [0.15, 0.2) is 0 Å². The van der Waals surface area contributed by atoms with Crippen LogP contribution in [-0.4, -0.2) is 11.0 Å². The average Bonchev–Trinajstić information content (AvgIpc) is 2.60. The third kappa shape index (κ3) is 1.95. The largest absolute Gasteiger partial charge is 0.433 e. The van der Waals surface area contributed by atoms with E-state index in [0.29, 0.717) is 0 Å². The molecule has 0 atom stereocenters. The Balaban J connectivity index is 2.18. The van der Waals surface area contributed by atoms with Gasteiger partial charge in [0.2, 0.25) is 0 Å². The number of hydrogen-bond acceptors (Lipinski definition) is 2. The molecule has 0 spiro atoms. The maximum atomic E-state index is 12.5. The Labute approximate surface area is 105 Å². The number of nitrogens with one attached hydrogen (secondary N) is 1. The lowest BCUT2D eigenvalue weighted by Crippen LogP contribution is -2.14. The van der Waals surface area contributed by atoms with E-state index in [1.165, 1.54) is 6.07 Å². The van der Waals surface area contributed by atoms with Gasteiger partial charge in [-0.2, -0.15) is 13.2 Å². The zero-order chi connectivity index (χ0) is 13.8. The number of halogens is 3. The summed E-state index contributed by atoms with van der Waals surface area (Å²) in [6.07, 6.45) is -4.40. The van der Waals surface area contributed by atoms with Gasteiger partial charge in [-0.3, -0.25) is 0 Å². The van der Waals surface area contributed by atoms with E-state index >= 15 is 0 Å². The lowest BCUT2D eigenvalue weighted by molar-refractivity contribution is -0.141. The van der Waals surface area contributed by atoms with Crippen molar-refractivity contribution in [3.8, 4) is 0 Å². The lowest BCUT2D eigenvalue weighted by Gasteiger charge is -2.10. The van der Waals surface area contributed by atoms with E-state index in [1.54, 1.807) is 6.07 Å². The summed E-state index contributed by atoms with van der Waals surface area (Å²) < 4.78 is 37.6. The van der Waals surface area contributed by atoms with Gasteiger partial charge in [-0.05, 0) is 23.0 Å². The van der Waals surface area contributed by atoms with Crippen LogP contribution in [0.1, 0.15) is 33.4 Å². The van der Waals surface area contributed by atoms with E-state index in [2.05, 4.69) is 38.0 Å². The maximum absolute atomic E-state index is 12.5. The molecule has 0 unspecified atom stereocenters. The predicted octanol–water partition coefficient (Wildman–Crippen LogP) is 3.95. The van der Waals surface area contributed by atoms with Crippen molar-refractivity contribution >= 4 is 5.82 Å². The fourth-order valence-corrected chi connectivity index (χ4v) is 2.38. The molecular formula is C13H17F3N2. The second-order valence-corrected chi connectivity index (χ2v) is 5.93. The van der Waals surface area contributed by atoms with E-state index in [0.717, 1.165) is 6.07 Å². The standard InChI is InChI=1S/C13H17F3N2/c1-11(2)10(12(11,3)4)18-9-7-5-6-8(17-9)13(14,15)16/h5-7,10H,1-4H3,(H,17,18). The number of pyridine rings is 1. The number of hydrogen-bond donors (Lipinski definition) is 1. The van der Waals surface area contributed by atoms with Crippen LogP contribution in [0.4, 0.5) is 19.0 Å². The van der Waals surface area contributed by atoms with Gasteiger partial charge in [0, 0.05) is 6.04 Å². The number of nitrogens with zero attached hydrogens (tertiary/aromatic N) is 1. The van der Waals surface area contributed by atoms with E-state index in [9.17, 15) is 13.2 Å². The highest BCUT2D eigenvalue weighted by Gasteiger charge is 2.65. The second kappa shape index (κ2) is 3.62. The summed E-state index contributed by atoms with van der Waals surface area (Å²) in [6.45, 7) is 8.38. The first kappa shape index (κ1) is 13.2. The highest BCUT2D eigenvalue weighted by Crippen LogP contribution is 2.63. The second-order valence-electron chi connectivity index (χ2n) is 5.93. The molecule has 2 rings (SSSR count). The molecule has 0 saturated heterocycles. The Kier molecular flexibility index (Phi) is 2.65. The first-order valence-corrected chi connectivity index (χ1v) is 5.87. The molecule has 0 amide bonds. The summed E-state index contributed by atoms with van der Waals surface area (Å²) in [4.78, 5) is 3.62. The average molecular weight is 258 g/mol. The molecule has 1 aromatic heterocycles. The van der Waals surface area contributed by atoms with Crippen molar-refractivity contribution in [3.63, 3.8) is 0 Å². The third-order valence-electron chi connectivity index (χ3n) is 4.35. The molecule has 0 bridgehead atoms. The molecule has 0 radical (unpaired) electrons. The zero-order valence-electron chi connectivity index (χ0n) is 10.9. The highest BCUT2D eigenvalue weighted by molar-refractivity contribution is 5.42. The molecule has 0 aromatic carbocycles. The van der Waals surface area contributed by atoms with Crippen LogP contribution in [0.15, 0.2) is 18.2 Å². The number of rotatable bonds is 2. The Hall–Kier alpha value is -1.26. The van der Waals surface area contributed by atoms with Gasteiger partial charge in [0.1, 0.15) is 11.5 Å². The van der Waals surface area contributed by atoms with Crippen molar-refractivity contribution in [1.29, 1.82) is 0 Å². The monoisotopic (exact) mass is 258 g/mol. The van der Waals surface area contributed by atoms with E-state index in [4.69, 9.17) is 0 Å². The first-order valence-electron chi connectivity index (χ1n) is 5.87. The van der Waals surface area contributed by atoms with Crippen molar-refractivity contribution in [2.75, 3.05) is 5.32 Å². The van der Waals surface area contributed by atoms with Crippen LogP contribution in [0.3, 0.4) is 0 Å². The van der Waals surface area contributed by atoms with E-state index < -0.39 is 11.9 Å². The van der Waals surface area contributed by atoms with Gasteiger partial charge in [0.25, 0.3) is 0 Å². The summed E-state index contributed by atoms with van der Waals surface area (Å²) in [5, 5.41) is 3.10. The van der Waals surface area contributed by atoms with Gasteiger partial charge in [-0.25, -0.2) is 4.98 Å². The van der Waals surface area contributed by atoms with Crippen molar-refractivity contribution in [2.45, 2.75) is 39.9 Å². The Morgan fingerprint density at radius 3 is 2.11 bits per heavy atom.